The number of methoxy groups -OCH3 is 1. The Labute approximate surface area is 185 Å². The van der Waals surface area contributed by atoms with Gasteiger partial charge in [-0.25, -0.2) is 9.99 Å². The van der Waals surface area contributed by atoms with E-state index in [9.17, 15) is 4.79 Å². The number of pyridine rings is 1. The van der Waals surface area contributed by atoms with E-state index in [1.807, 2.05) is 65.9 Å². The van der Waals surface area contributed by atoms with E-state index in [-0.39, 0.29) is 11.2 Å². The third kappa shape index (κ3) is 4.33. The van der Waals surface area contributed by atoms with Crippen LogP contribution in [0.1, 0.15) is 0 Å². The van der Waals surface area contributed by atoms with E-state index in [4.69, 9.17) is 16.3 Å². The van der Waals surface area contributed by atoms with Crippen molar-refractivity contribution in [1.82, 2.24) is 9.99 Å². The van der Waals surface area contributed by atoms with Crippen molar-refractivity contribution in [1.29, 1.82) is 0 Å². The normalized spacial score (nSPS) is 17.2. The van der Waals surface area contributed by atoms with Crippen LogP contribution in [0.15, 0.2) is 54.6 Å². The molecule has 1 unspecified atom stereocenters. The van der Waals surface area contributed by atoms with Crippen molar-refractivity contribution in [2.75, 3.05) is 43.3 Å². The summed E-state index contributed by atoms with van der Waals surface area (Å²) in [4.78, 5) is 19.5. The highest BCUT2D eigenvalue weighted by molar-refractivity contribution is 8.13. The highest BCUT2D eigenvalue weighted by Gasteiger charge is 2.33. The SMILES string of the molecule is COc1nc2ccccc2cc1NN1CCN(c2cccc(Cl)c2)CC1C(=O)SC. The van der Waals surface area contributed by atoms with Crippen LogP contribution in [0.3, 0.4) is 0 Å². The average Bonchev–Trinajstić information content (AvgIpc) is 2.78. The zero-order valence-electron chi connectivity index (χ0n) is 16.8. The standard InChI is InChI=1S/C22H23ClN4O2S/c1-29-21-19(12-15-6-3-4-9-18(15)24-21)25-27-11-10-26(14-20(27)22(28)30-2)17-8-5-7-16(23)13-17/h3-9,12-13,20,25H,10-11,14H2,1-2H3. The second-order valence-corrected chi connectivity index (χ2v) is 8.26. The van der Waals surface area contributed by atoms with Crippen LogP contribution in [0.4, 0.5) is 11.4 Å². The molecule has 156 valence electrons. The molecular weight excluding hydrogens is 420 g/mol. The van der Waals surface area contributed by atoms with E-state index in [0.29, 0.717) is 24.0 Å². The van der Waals surface area contributed by atoms with E-state index in [0.717, 1.165) is 28.8 Å². The molecule has 4 rings (SSSR count). The zero-order valence-corrected chi connectivity index (χ0v) is 18.4. The fraction of sp³-hybridized carbons (Fsp3) is 0.273. The Balaban J connectivity index is 1.60. The van der Waals surface area contributed by atoms with Gasteiger partial charge in [0.15, 0.2) is 0 Å². The molecule has 6 nitrogen and oxygen atoms in total. The van der Waals surface area contributed by atoms with Crippen LogP contribution < -0.4 is 15.1 Å². The molecule has 1 N–H and O–H groups in total. The maximum atomic E-state index is 12.8. The number of nitrogens with one attached hydrogen (secondary N) is 1. The lowest BCUT2D eigenvalue weighted by Crippen LogP contribution is -2.57. The lowest BCUT2D eigenvalue weighted by atomic mass is 10.1. The van der Waals surface area contributed by atoms with Crippen LogP contribution in [-0.4, -0.2) is 54.1 Å². The lowest BCUT2D eigenvalue weighted by molar-refractivity contribution is -0.115. The summed E-state index contributed by atoms with van der Waals surface area (Å²) in [5.41, 5.74) is 6.02. The minimum Gasteiger partial charge on any atom is -0.479 e. The fourth-order valence-electron chi connectivity index (χ4n) is 3.65. The number of fused-ring (bicyclic) bond motifs is 1. The van der Waals surface area contributed by atoms with E-state index in [1.165, 1.54) is 11.8 Å². The molecule has 1 aromatic heterocycles. The molecule has 3 aromatic rings. The van der Waals surface area contributed by atoms with Gasteiger partial charge in [0, 0.05) is 35.7 Å². The Kier molecular flexibility index (Phi) is 6.32. The number of anilines is 2. The third-order valence-electron chi connectivity index (χ3n) is 5.17. The molecule has 0 amide bonds. The second kappa shape index (κ2) is 9.12. The van der Waals surface area contributed by atoms with Gasteiger partial charge < -0.3 is 15.1 Å². The predicted octanol–water partition coefficient (Wildman–Crippen LogP) is 4.30. The van der Waals surface area contributed by atoms with Gasteiger partial charge in [-0.2, -0.15) is 0 Å². The molecule has 0 radical (unpaired) electrons. The van der Waals surface area contributed by atoms with Crippen molar-refractivity contribution < 1.29 is 9.53 Å². The summed E-state index contributed by atoms with van der Waals surface area (Å²) in [6.45, 7) is 1.98. The number of carbonyl (C=O) groups excluding carboxylic acids is 1. The first kappa shape index (κ1) is 20.8. The van der Waals surface area contributed by atoms with Crippen LogP contribution in [-0.2, 0) is 4.79 Å². The van der Waals surface area contributed by atoms with Crippen molar-refractivity contribution >= 4 is 50.8 Å². The Morgan fingerprint density at radius 2 is 2.03 bits per heavy atom. The van der Waals surface area contributed by atoms with E-state index < -0.39 is 0 Å². The Bertz CT molecular complexity index is 1060. The smallest absolute Gasteiger partial charge is 0.239 e. The van der Waals surface area contributed by atoms with Gasteiger partial charge in [-0.3, -0.25) is 4.79 Å². The molecule has 1 aliphatic rings. The summed E-state index contributed by atoms with van der Waals surface area (Å²) in [6, 6.07) is 17.3. The summed E-state index contributed by atoms with van der Waals surface area (Å²) >= 11 is 7.40. The van der Waals surface area contributed by atoms with Crippen LogP contribution in [0.25, 0.3) is 10.9 Å². The molecule has 0 spiro atoms. The largest absolute Gasteiger partial charge is 0.479 e. The monoisotopic (exact) mass is 442 g/mol. The predicted molar refractivity (Wildman–Crippen MR) is 125 cm³/mol. The molecule has 8 heteroatoms. The first-order chi connectivity index (χ1) is 14.6. The summed E-state index contributed by atoms with van der Waals surface area (Å²) < 4.78 is 5.51. The van der Waals surface area contributed by atoms with E-state index >= 15 is 0 Å². The van der Waals surface area contributed by atoms with Gasteiger partial charge in [0.1, 0.15) is 11.7 Å². The molecule has 1 atom stereocenters. The number of aromatic nitrogens is 1. The number of thioether (sulfide) groups is 1. The number of nitrogens with zero attached hydrogens (tertiary/aromatic N) is 3. The first-order valence-corrected chi connectivity index (χ1v) is 11.2. The molecule has 0 aliphatic carbocycles. The number of para-hydroxylation sites is 1. The van der Waals surface area contributed by atoms with Gasteiger partial charge in [-0.05, 0) is 36.6 Å². The third-order valence-corrected chi connectivity index (χ3v) is 6.08. The van der Waals surface area contributed by atoms with E-state index in [2.05, 4.69) is 15.3 Å². The van der Waals surface area contributed by atoms with Crippen molar-refractivity contribution in [3.63, 3.8) is 0 Å². The summed E-state index contributed by atoms with van der Waals surface area (Å²) in [5, 5.41) is 3.77. The van der Waals surface area contributed by atoms with Gasteiger partial charge in [-0.1, -0.05) is 47.6 Å². The first-order valence-electron chi connectivity index (χ1n) is 9.64. The number of hydrazine groups is 1. The highest BCUT2D eigenvalue weighted by atomic mass is 35.5. The number of carbonyl (C=O) groups is 1. The number of ether oxygens (including phenoxy) is 1. The summed E-state index contributed by atoms with van der Waals surface area (Å²) in [6.07, 6.45) is 1.82. The van der Waals surface area contributed by atoms with Crippen molar-refractivity contribution in [3.05, 3.63) is 59.6 Å². The van der Waals surface area contributed by atoms with Crippen LogP contribution in [0.5, 0.6) is 5.88 Å². The number of rotatable bonds is 5. The van der Waals surface area contributed by atoms with Gasteiger partial charge in [0.05, 0.1) is 12.6 Å². The van der Waals surface area contributed by atoms with Crippen molar-refractivity contribution in [2.45, 2.75) is 6.04 Å². The van der Waals surface area contributed by atoms with Crippen molar-refractivity contribution in [2.24, 2.45) is 0 Å². The van der Waals surface area contributed by atoms with Crippen LogP contribution >= 0.6 is 23.4 Å². The van der Waals surface area contributed by atoms with Crippen LogP contribution in [0, 0.1) is 0 Å². The molecule has 1 aliphatic heterocycles. The Morgan fingerprint density at radius 1 is 1.20 bits per heavy atom. The molecule has 0 saturated carbocycles. The number of benzene rings is 2. The summed E-state index contributed by atoms with van der Waals surface area (Å²) in [5.74, 6) is 0.501. The molecular formula is C22H23ClN4O2S. The van der Waals surface area contributed by atoms with Crippen molar-refractivity contribution in [3.8, 4) is 5.88 Å². The fourth-order valence-corrected chi connectivity index (χ4v) is 4.31. The van der Waals surface area contributed by atoms with Gasteiger partial charge in [0.25, 0.3) is 0 Å². The molecule has 2 heterocycles. The number of hydrogen-bond donors (Lipinski definition) is 1. The molecule has 0 bridgehead atoms. The number of piperazine rings is 1. The number of hydrogen-bond acceptors (Lipinski definition) is 7. The van der Waals surface area contributed by atoms with E-state index in [1.54, 1.807) is 7.11 Å². The minimum atomic E-state index is -0.330. The highest BCUT2D eigenvalue weighted by Crippen LogP contribution is 2.29. The average molecular weight is 443 g/mol. The second-order valence-electron chi connectivity index (χ2n) is 7.01. The topological polar surface area (TPSA) is 57.7 Å². The Hall–Kier alpha value is -2.48. The molecule has 1 fully saturated rings. The Morgan fingerprint density at radius 3 is 2.80 bits per heavy atom. The zero-order chi connectivity index (χ0) is 21.1. The molecule has 30 heavy (non-hydrogen) atoms. The lowest BCUT2D eigenvalue weighted by Gasteiger charge is -2.41. The number of halogens is 1. The maximum Gasteiger partial charge on any atom is 0.239 e. The van der Waals surface area contributed by atoms with Gasteiger partial charge in [0.2, 0.25) is 11.0 Å². The van der Waals surface area contributed by atoms with Gasteiger partial charge in [-0.15, -0.1) is 0 Å². The quantitative estimate of drug-likeness (QED) is 0.632. The van der Waals surface area contributed by atoms with Gasteiger partial charge >= 0.3 is 0 Å². The molecule has 2 aromatic carbocycles. The molecule has 1 saturated heterocycles. The summed E-state index contributed by atoms with van der Waals surface area (Å²) in [7, 11) is 1.60. The minimum absolute atomic E-state index is 0.0990. The maximum absolute atomic E-state index is 12.8. The van der Waals surface area contributed by atoms with Crippen LogP contribution in [0.2, 0.25) is 5.02 Å².